The van der Waals surface area contributed by atoms with Gasteiger partial charge in [0.25, 0.3) is 5.91 Å². The van der Waals surface area contributed by atoms with E-state index in [0.29, 0.717) is 12.1 Å². The average Bonchev–Trinajstić information content (AvgIpc) is 3.30. The van der Waals surface area contributed by atoms with Gasteiger partial charge >= 0.3 is 0 Å². The van der Waals surface area contributed by atoms with Gasteiger partial charge in [-0.15, -0.1) is 0 Å². The van der Waals surface area contributed by atoms with Gasteiger partial charge in [0.1, 0.15) is 0 Å². The summed E-state index contributed by atoms with van der Waals surface area (Å²) in [5.41, 5.74) is 4.87. The fourth-order valence-electron chi connectivity index (χ4n) is 5.60. The molecule has 0 spiro atoms. The second-order valence-electron chi connectivity index (χ2n) is 9.55. The van der Waals surface area contributed by atoms with E-state index in [4.69, 9.17) is 0 Å². The maximum atomic E-state index is 13.5. The Bertz CT molecular complexity index is 1180. The highest BCUT2D eigenvalue weighted by molar-refractivity contribution is 5.98. The summed E-state index contributed by atoms with van der Waals surface area (Å²) < 4.78 is 0. The summed E-state index contributed by atoms with van der Waals surface area (Å²) in [6.07, 6.45) is 5.01. The number of pyridine rings is 1. The Balaban J connectivity index is 1.29. The molecule has 1 aromatic heterocycles. The number of aromatic nitrogens is 1. The molecule has 5 nitrogen and oxygen atoms in total. The smallest absolute Gasteiger partial charge is 0.252 e. The van der Waals surface area contributed by atoms with Gasteiger partial charge < -0.3 is 10.2 Å². The van der Waals surface area contributed by atoms with Crippen LogP contribution in [-0.2, 0) is 5.54 Å². The number of hydrogen-bond donors (Lipinski definition) is 1. The number of benzene rings is 2. The van der Waals surface area contributed by atoms with Gasteiger partial charge in [-0.2, -0.15) is 0 Å². The molecule has 6 rings (SSSR count). The van der Waals surface area contributed by atoms with Crippen molar-refractivity contribution in [3.05, 3.63) is 71.4 Å². The molecule has 158 valence electrons. The van der Waals surface area contributed by atoms with E-state index in [1.165, 1.54) is 17.7 Å². The summed E-state index contributed by atoms with van der Waals surface area (Å²) in [5, 5.41) is 4.53. The second kappa shape index (κ2) is 6.79. The van der Waals surface area contributed by atoms with Crippen LogP contribution in [0.25, 0.3) is 10.9 Å². The van der Waals surface area contributed by atoms with Gasteiger partial charge in [-0.25, -0.2) is 0 Å². The maximum absolute atomic E-state index is 13.5. The Morgan fingerprint density at radius 2 is 1.94 bits per heavy atom. The summed E-state index contributed by atoms with van der Waals surface area (Å²) in [7, 11) is 2.22. The normalized spacial score (nSPS) is 24.0. The molecular weight excluding hydrogens is 384 g/mol. The molecule has 3 heterocycles. The van der Waals surface area contributed by atoms with Crippen molar-refractivity contribution in [1.82, 2.24) is 15.2 Å². The number of rotatable bonds is 4. The van der Waals surface area contributed by atoms with Gasteiger partial charge in [-0.3, -0.25) is 14.7 Å². The number of para-hydroxylation sites is 1. The molecule has 2 bridgehead atoms. The van der Waals surface area contributed by atoms with Crippen molar-refractivity contribution >= 4 is 22.5 Å². The zero-order chi connectivity index (χ0) is 21.2. The highest BCUT2D eigenvalue weighted by atomic mass is 16.1. The number of amides is 1. The van der Waals surface area contributed by atoms with E-state index in [1.54, 1.807) is 0 Å². The van der Waals surface area contributed by atoms with Gasteiger partial charge in [-0.05, 0) is 68.6 Å². The van der Waals surface area contributed by atoms with Crippen molar-refractivity contribution in [2.45, 2.75) is 43.8 Å². The van der Waals surface area contributed by atoms with Crippen molar-refractivity contribution in [1.29, 1.82) is 0 Å². The van der Waals surface area contributed by atoms with E-state index in [9.17, 15) is 4.79 Å². The highest BCUT2D eigenvalue weighted by Crippen LogP contribution is 2.48. The largest absolute Gasteiger partial charge is 0.366 e. The molecule has 2 saturated heterocycles. The first kappa shape index (κ1) is 18.8. The van der Waals surface area contributed by atoms with Gasteiger partial charge in [0, 0.05) is 48.0 Å². The van der Waals surface area contributed by atoms with E-state index in [0.717, 1.165) is 48.0 Å². The molecule has 0 unspecified atom stereocenters. The number of likely N-dealkylation sites (N-methyl/N-ethyl adjacent to an activating group) is 1. The minimum absolute atomic E-state index is 0.0271. The van der Waals surface area contributed by atoms with E-state index < -0.39 is 0 Å². The summed E-state index contributed by atoms with van der Waals surface area (Å²) in [6.45, 7) is 4.19. The number of nitrogens with one attached hydrogen (secondary N) is 1. The zero-order valence-electron chi connectivity index (χ0n) is 18.1. The Hall–Kier alpha value is -2.92. The van der Waals surface area contributed by atoms with Crippen molar-refractivity contribution < 1.29 is 4.79 Å². The van der Waals surface area contributed by atoms with E-state index in [-0.39, 0.29) is 11.4 Å². The number of anilines is 1. The number of fused-ring (bicyclic) bond motifs is 3. The van der Waals surface area contributed by atoms with Crippen LogP contribution < -0.4 is 10.2 Å². The standard InChI is InChI=1S/C26H28N4O/c1-17-7-8-18(30-16-19-13-20(30)15-29(19)2)14-22(17)25(31)28-26(10-11-26)23-9-12-27-24-6-4-3-5-21(23)24/h3-9,12,14,19-20H,10-11,13,15-16H2,1-2H3,(H,28,31)/t19-,20-/m0/s1. The number of nitrogens with zero attached hydrogens (tertiary/aromatic N) is 3. The molecule has 1 amide bonds. The third-order valence-corrected chi connectivity index (χ3v) is 7.58. The molecule has 31 heavy (non-hydrogen) atoms. The Kier molecular flexibility index (Phi) is 4.12. The number of likely N-dealkylation sites (tertiary alicyclic amines) is 1. The van der Waals surface area contributed by atoms with Crippen LogP contribution in [0.15, 0.2) is 54.7 Å². The van der Waals surface area contributed by atoms with Crippen LogP contribution in [0.2, 0.25) is 0 Å². The summed E-state index contributed by atoms with van der Waals surface area (Å²) in [6, 6.07) is 17.8. The number of aryl methyl sites for hydroxylation is 1. The monoisotopic (exact) mass is 412 g/mol. The average molecular weight is 413 g/mol. The number of piperazine rings is 1. The molecule has 2 atom stereocenters. The van der Waals surface area contributed by atoms with Crippen LogP contribution in [0, 0.1) is 6.92 Å². The van der Waals surface area contributed by atoms with Crippen LogP contribution in [0.1, 0.15) is 40.7 Å². The first-order valence-corrected chi connectivity index (χ1v) is 11.3. The van der Waals surface area contributed by atoms with E-state index in [2.05, 4.69) is 57.5 Å². The number of hydrogen-bond acceptors (Lipinski definition) is 4. The first-order chi connectivity index (χ1) is 15.0. The molecular formula is C26H28N4O. The first-order valence-electron chi connectivity index (χ1n) is 11.3. The molecule has 2 aromatic carbocycles. The van der Waals surface area contributed by atoms with Gasteiger partial charge in [0.05, 0.1) is 11.1 Å². The molecule has 3 aliphatic rings. The zero-order valence-corrected chi connectivity index (χ0v) is 18.1. The minimum Gasteiger partial charge on any atom is -0.366 e. The van der Waals surface area contributed by atoms with Crippen molar-refractivity contribution in [2.24, 2.45) is 0 Å². The third-order valence-electron chi connectivity index (χ3n) is 7.58. The lowest BCUT2D eigenvalue weighted by Crippen LogP contribution is -2.44. The highest BCUT2D eigenvalue weighted by Gasteiger charge is 2.47. The predicted octanol–water partition coefficient (Wildman–Crippen LogP) is 3.86. The molecule has 2 aliphatic heterocycles. The summed E-state index contributed by atoms with van der Waals surface area (Å²) >= 11 is 0. The SMILES string of the molecule is Cc1ccc(N2C[C@@H]3C[C@H]2CN3C)cc1C(=O)NC1(c2ccnc3ccccc23)CC1. The molecule has 5 heteroatoms. The van der Waals surface area contributed by atoms with Crippen LogP contribution in [0.4, 0.5) is 5.69 Å². The molecule has 1 N–H and O–H groups in total. The number of carbonyl (C=O) groups is 1. The summed E-state index contributed by atoms with van der Waals surface area (Å²) in [5.74, 6) is 0.0271. The predicted molar refractivity (Wildman–Crippen MR) is 123 cm³/mol. The fraction of sp³-hybridized carbons (Fsp3) is 0.385. The fourth-order valence-corrected chi connectivity index (χ4v) is 5.60. The molecule has 3 fully saturated rings. The topological polar surface area (TPSA) is 48.5 Å². The molecule has 1 saturated carbocycles. The lowest BCUT2D eigenvalue weighted by atomic mass is 9.99. The van der Waals surface area contributed by atoms with Crippen molar-refractivity contribution in [3.8, 4) is 0 Å². The van der Waals surface area contributed by atoms with Crippen LogP contribution in [0.3, 0.4) is 0 Å². The molecule has 3 aromatic rings. The second-order valence-corrected chi connectivity index (χ2v) is 9.55. The van der Waals surface area contributed by atoms with Crippen LogP contribution >= 0.6 is 0 Å². The van der Waals surface area contributed by atoms with Gasteiger partial charge in [0.2, 0.25) is 0 Å². The van der Waals surface area contributed by atoms with Crippen LogP contribution in [0.5, 0.6) is 0 Å². The lowest BCUT2D eigenvalue weighted by Gasteiger charge is -2.34. The number of carbonyl (C=O) groups excluding carboxylic acids is 1. The van der Waals surface area contributed by atoms with E-state index >= 15 is 0 Å². The third kappa shape index (κ3) is 3.02. The van der Waals surface area contributed by atoms with Gasteiger partial charge in [-0.1, -0.05) is 24.3 Å². The minimum atomic E-state index is -0.280. The Morgan fingerprint density at radius 1 is 1.10 bits per heavy atom. The van der Waals surface area contributed by atoms with Gasteiger partial charge in [0.15, 0.2) is 0 Å². The van der Waals surface area contributed by atoms with Crippen molar-refractivity contribution in [3.63, 3.8) is 0 Å². The van der Waals surface area contributed by atoms with Crippen LogP contribution in [-0.4, -0.2) is 48.0 Å². The van der Waals surface area contributed by atoms with Crippen molar-refractivity contribution in [2.75, 3.05) is 25.0 Å². The molecule has 0 radical (unpaired) electrons. The van der Waals surface area contributed by atoms with E-state index in [1.807, 2.05) is 31.3 Å². The summed E-state index contributed by atoms with van der Waals surface area (Å²) in [4.78, 5) is 22.9. The Labute approximate surface area is 183 Å². The Morgan fingerprint density at radius 3 is 2.68 bits per heavy atom. The lowest BCUT2D eigenvalue weighted by molar-refractivity contribution is 0.0930. The quantitative estimate of drug-likeness (QED) is 0.707. The molecule has 1 aliphatic carbocycles. The maximum Gasteiger partial charge on any atom is 0.252 e.